The van der Waals surface area contributed by atoms with Gasteiger partial charge < -0.3 is 15.8 Å². The molecule has 1 heterocycles. The monoisotopic (exact) mass is 386 g/mol. The molecular formula is C20H30N6O2. The van der Waals surface area contributed by atoms with Gasteiger partial charge in [0, 0.05) is 18.8 Å². The van der Waals surface area contributed by atoms with Gasteiger partial charge in [-0.15, -0.1) is 0 Å². The number of nitrogens with two attached hydrogens (primary N) is 1. The van der Waals surface area contributed by atoms with Crippen LogP contribution in [0.15, 0.2) is 24.3 Å². The van der Waals surface area contributed by atoms with Crippen molar-refractivity contribution in [1.82, 2.24) is 19.9 Å². The number of hydrogen-bond acceptors (Lipinski definition) is 8. The number of aryl methyl sites for hydroxylation is 1. The molecule has 0 radical (unpaired) electrons. The molecule has 2 rings (SSSR count). The lowest BCUT2D eigenvalue weighted by atomic mass is 10.1. The molecular weight excluding hydrogens is 356 g/mol. The van der Waals surface area contributed by atoms with Gasteiger partial charge >= 0.3 is 5.97 Å². The molecule has 0 aliphatic heterocycles. The van der Waals surface area contributed by atoms with Gasteiger partial charge in [-0.05, 0) is 24.0 Å². The third kappa shape index (κ3) is 6.77. The number of anilines is 3. The maximum Gasteiger partial charge on any atom is 0.306 e. The average Bonchev–Trinajstić information content (AvgIpc) is 2.65. The Morgan fingerprint density at radius 3 is 2.68 bits per heavy atom. The number of nitrogens with zero attached hydrogens (tertiary/aromatic N) is 4. The normalized spacial score (nSPS) is 11.1. The van der Waals surface area contributed by atoms with Crippen molar-refractivity contribution in [2.75, 3.05) is 31.2 Å². The highest BCUT2D eigenvalue weighted by Gasteiger charge is 2.14. The number of rotatable bonds is 10. The molecule has 0 spiro atoms. The molecule has 0 bridgehead atoms. The van der Waals surface area contributed by atoms with Gasteiger partial charge in [-0.3, -0.25) is 9.69 Å². The Bertz CT molecular complexity index is 781. The standard InChI is InChI=1S/C20H30N6O2/c1-5-15-8-6-7-9-16(15)22-20-24-17(23-19(21)25-20)13-26(12-14(2)3)11-10-18(27)28-4/h6-9,14H,5,10-13H2,1-4H3,(H3,21,22,23,24,25). The van der Waals surface area contributed by atoms with Crippen molar-refractivity contribution in [3.63, 3.8) is 0 Å². The number of carbonyl (C=O) groups is 1. The molecule has 1 aromatic heterocycles. The van der Waals surface area contributed by atoms with Crippen LogP contribution in [-0.2, 0) is 22.5 Å². The molecule has 28 heavy (non-hydrogen) atoms. The van der Waals surface area contributed by atoms with Gasteiger partial charge in [-0.25, -0.2) is 0 Å². The van der Waals surface area contributed by atoms with E-state index in [0.717, 1.165) is 18.7 Å². The molecule has 0 atom stereocenters. The first-order valence-electron chi connectivity index (χ1n) is 9.55. The van der Waals surface area contributed by atoms with E-state index in [2.05, 4.69) is 52.0 Å². The molecule has 3 N–H and O–H groups in total. The molecule has 0 aliphatic rings. The Labute approximate surface area is 166 Å². The van der Waals surface area contributed by atoms with Gasteiger partial charge in [0.1, 0.15) is 5.82 Å². The third-order valence-corrected chi connectivity index (χ3v) is 4.19. The lowest BCUT2D eigenvalue weighted by Crippen LogP contribution is -2.31. The Balaban J connectivity index is 2.16. The molecule has 0 aliphatic carbocycles. The number of aromatic nitrogens is 3. The fraction of sp³-hybridized carbons (Fsp3) is 0.500. The zero-order chi connectivity index (χ0) is 20.5. The first-order chi connectivity index (χ1) is 13.4. The van der Waals surface area contributed by atoms with Crippen molar-refractivity contribution in [3.8, 4) is 0 Å². The topological polar surface area (TPSA) is 106 Å². The van der Waals surface area contributed by atoms with Crippen molar-refractivity contribution in [1.29, 1.82) is 0 Å². The van der Waals surface area contributed by atoms with Crippen LogP contribution in [0.2, 0.25) is 0 Å². The van der Waals surface area contributed by atoms with Crippen LogP contribution in [0.5, 0.6) is 0 Å². The Morgan fingerprint density at radius 2 is 2.00 bits per heavy atom. The van der Waals surface area contributed by atoms with Crippen LogP contribution in [0.25, 0.3) is 0 Å². The second-order valence-corrected chi connectivity index (χ2v) is 7.02. The number of para-hydroxylation sites is 1. The minimum absolute atomic E-state index is 0.166. The van der Waals surface area contributed by atoms with E-state index >= 15 is 0 Å². The molecule has 0 fully saturated rings. The zero-order valence-corrected chi connectivity index (χ0v) is 17.1. The molecule has 152 valence electrons. The average molecular weight is 387 g/mol. The van der Waals surface area contributed by atoms with E-state index in [4.69, 9.17) is 10.5 Å². The van der Waals surface area contributed by atoms with Crippen LogP contribution in [0.4, 0.5) is 17.6 Å². The van der Waals surface area contributed by atoms with E-state index in [1.165, 1.54) is 12.7 Å². The predicted molar refractivity (Wildman–Crippen MR) is 110 cm³/mol. The molecule has 0 amide bonds. The molecule has 0 saturated carbocycles. The summed E-state index contributed by atoms with van der Waals surface area (Å²) in [5.74, 6) is 1.35. The van der Waals surface area contributed by atoms with Gasteiger partial charge in [-0.1, -0.05) is 39.0 Å². The fourth-order valence-electron chi connectivity index (χ4n) is 2.94. The summed E-state index contributed by atoms with van der Waals surface area (Å²) in [6.07, 6.45) is 1.21. The summed E-state index contributed by atoms with van der Waals surface area (Å²) in [5, 5.41) is 3.24. The summed E-state index contributed by atoms with van der Waals surface area (Å²) in [6, 6.07) is 8.01. The van der Waals surface area contributed by atoms with E-state index in [0.29, 0.717) is 37.2 Å². The van der Waals surface area contributed by atoms with Crippen molar-refractivity contribution >= 4 is 23.6 Å². The van der Waals surface area contributed by atoms with Gasteiger partial charge in [0.15, 0.2) is 0 Å². The first-order valence-corrected chi connectivity index (χ1v) is 9.55. The highest BCUT2D eigenvalue weighted by Crippen LogP contribution is 2.19. The van der Waals surface area contributed by atoms with Gasteiger partial charge in [0.25, 0.3) is 0 Å². The summed E-state index contributed by atoms with van der Waals surface area (Å²) in [4.78, 5) is 26.6. The molecule has 0 unspecified atom stereocenters. The highest BCUT2D eigenvalue weighted by molar-refractivity contribution is 5.69. The van der Waals surface area contributed by atoms with Crippen LogP contribution < -0.4 is 11.1 Å². The molecule has 8 nitrogen and oxygen atoms in total. The SMILES string of the molecule is CCc1ccccc1Nc1nc(N)nc(CN(CCC(=O)OC)CC(C)C)n1. The van der Waals surface area contributed by atoms with E-state index < -0.39 is 0 Å². The van der Waals surface area contributed by atoms with Crippen molar-refractivity contribution in [3.05, 3.63) is 35.7 Å². The number of carbonyl (C=O) groups excluding carboxylic acids is 1. The smallest absolute Gasteiger partial charge is 0.306 e. The largest absolute Gasteiger partial charge is 0.469 e. The molecule has 2 aromatic rings. The summed E-state index contributed by atoms with van der Waals surface area (Å²) in [6.45, 7) is 8.20. The number of ether oxygens (including phenoxy) is 1. The Morgan fingerprint density at radius 1 is 1.25 bits per heavy atom. The number of benzene rings is 1. The lowest BCUT2D eigenvalue weighted by molar-refractivity contribution is -0.141. The van der Waals surface area contributed by atoms with E-state index in [1.54, 1.807) is 0 Å². The Kier molecular flexibility index (Phi) is 8.13. The van der Waals surface area contributed by atoms with Crippen LogP contribution in [-0.4, -0.2) is 46.0 Å². The van der Waals surface area contributed by atoms with Gasteiger partial charge in [0.2, 0.25) is 11.9 Å². The predicted octanol–water partition coefficient (Wildman–Crippen LogP) is 2.78. The minimum Gasteiger partial charge on any atom is -0.469 e. The summed E-state index contributed by atoms with van der Waals surface area (Å²) in [7, 11) is 1.40. The number of esters is 1. The number of nitrogens with one attached hydrogen (secondary N) is 1. The van der Waals surface area contributed by atoms with Crippen molar-refractivity contribution in [2.45, 2.75) is 40.2 Å². The van der Waals surface area contributed by atoms with Crippen LogP contribution in [0.3, 0.4) is 0 Å². The van der Waals surface area contributed by atoms with Crippen molar-refractivity contribution in [2.24, 2.45) is 5.92 Å². The second-order valence-electron chi connectivity index (χ2n) is 7.02. The van der Waals surface area contributed by atoms with Crippen molar-refractivity contribution < 1.29 is 9.53 Å². The zero-order valence-electron chi connectivity index (χ0n) is 17.1. The quantitative estimate of drug-likeness (QED) is 0.600. The maximum absolute atomic E-state index is 11.5. The van der Waals surface area contributed by atoms with E-state index in [9.17, 15) is 4.79 Å². The molecule has 0 saturated heterocycles. The molecule has 8 heteroatoms. The highest BCUT2D eigenvalue weighted by atomic mass is 16.5. The number of methoxy groups -OCH3 is 1. The lowest BCUT2D eigenvalue weighted by Gasteiger charge is -2.23. The van der Waals surface area contributed by atoms with Crippen LogP contribution >= 0.6 is 0 Å². The number of hydrogen-bond donors (Lipinski definition) is 2. The van der Waals surface area contributed by atoms with Gasteiger partial charge in [0.05, 0.1) is 20.1 Å². The molecule has 1 aromatic carbocycles. The number of nitrogen functional groups attached to an aromatic ring is 1. The van der Waals surface area contributed by atoms with E-state index in [-0.39, 0.29) is 11.9 Å². The van der Waals surface area contributed by atoms with E-state index in [1.807, 2.05) is 18.2 Å². The minimum atomic E-state index is -0.234. The first kappa shape index (κ1) is 21.6. The third-order valence-electron chi connectivity index (χ3n) is 4.19. The maximum atomic E-state index is 11.5. The fourth-order valence-corrected chi connectivity index (χ4v) is 2.94. The summed E-state index contributed by atoms with van der Waals surface area (Å²) >= 11 is 0. The van der Waals surface area contributed by atoms with Gasteiger partial charge in [-0.2, -0.15) is 15.0 Å². The summed E-state index contributed by atoms with van der Waals surface area (Å²) in [5.41, 5.74) is 8.03. The second kappa shape index (κ2) is 10.6. The van der Waals surface area contributed by atoms with Crippen LogP contribution in [0, 0.1) is 5.92 Å². The van der Waals surface area contributed by atoms with Crippen LogP contribution in [0.1, 0.15) is 38.6 Å². The summed E-state index contributed by atoms with van der Waals surface area (Å²) < 4.78 is 4.75. The Hall–Kier alpha value is -2.74.